The highest BCUT2D eigenvalue weighted by Crippen LogP contribution is 2.58. The van der Waals surface area contributed by atoms with Gasteiger partial charge in [-0.3, -0.25) is 4.79 Å². The Hall–Kier alpha value is -2.09. The molecule has 1 fully saturated rings. The number of carbonyl (C=O) groups excluding carboxylic acids is 1. The number of phenols is 1. The van der Waals surface area contributed by atoms with Crippen molar-refractivity contribution in [1.82, 2.24) is 0 Å². The van der Waals surface area contributed by atoms with Crippen LogP contribution in [-0.4, -0.2) is 52.5 Å². The molecule has 3 N–H and O–H groups in total. The Morgan fingerprint density at radius 1 is 1.09 bits per heavy atom. The van der Waals surface area contributed by atoms with Crippen LogP contribution >= 0.6 is 0 Å². The molecule has 0 amide bonds. The maximum Gasteiger partial charge on any atom is 0.303 e. The summed E-state index contributed by atoms with van der Waals surface area (Å²) in [5.74, 6) is 1.08. The van der Waals surface area contributed by atoms with Gasteiger partial charge in [0, 0.05) is 18.4 Å². The summed E-state index contributed by atoms with van der Waals surface area (Å²) >= 11 is 0. The molecule has 0 aromatic heterocycles. The fourth-order valence-electron chi connectivity index (χ4n) is 6.24. The van der Waals surface area contributed by atoms with Crippen molar-refractivity contribution in [2.75, 3.05) is 6.61 Å². The first-order valence-corrected chi connectivity index (χ1v) is 12.4. The summed E-state index contributed by atoms with van der Waals surface area (Å²) in [4.78, 5) is 11.7. The zero-order chi connectivity index (χ0) is 24.9. The molecule has 0 spiro atoms. The number of rotatable bonds is 4. The van der Waals surface area contributed by atoms with Gasteiger partial charge in [0.25, 0.3) is 0 Å². The first-order valence-electron chi connectivity index (χ1n) is 12.4. The number of allylic oxidation sites excluding steroid dienone is 2. The number of esters is 1. The molecule has 1 aromatic rings. The molecule has 7 nitrogen and oxygen atoms in total. The van der Waals surface area contributed by atoms with Crippen LogP contribution in [0.4, 0.5) is 0 Å². The monoisotopic (exact) mass is 474 g/mol. The van der Waals surface area contributed by atoms with Gasteiger partial charge in [0.05, 0.1) is 6.61 Å². The minimum absolute atomic E-state index is 0.101. The van der Waals surface area contributed by atoms with Gasteiger partial charge in [-0.1, -0.05) is 25.5 Å². The summed E-state index contributed by atoms with van der Waals surface area (Å²) in [5, 5.41) is 32.0. The van der Waals surface area contributed by atoms with Gasteiger partial charge in [0.15, 0.2) is 17.6 Å². The smallest absolute Gasteiger partial charge is 0.303 e. The first kappa shape index (κ1) is 25.0. The summed E-state index contributed by atoms with van der Waals surface area (Å²) in [6.07, 6.45) is 0.495. The average molecular weight is 475 g/mol. The fraction of sp³-hybridized carbons (Fsp3) is 0.667. The molecule has 1 saturated heterocycles. The molecule has 4 rings (SSSR count). The number of aromatic hydroxyl groups is 1. The zero-order valence-electron chi connectivity index (χ0n) is 21.0. The Balaban J connectivity index is 1.84. The highest BCUT2D eigenvalue weighted by atomic mass is 16.7. The number of carbonyl (C=O) groups is 1. The molecule has 0 saturated carbocycles. The Morgan fingerprint density at radius 2 is 1.79 bits per heavy atom. The molecule has 0 radical (unpaired) electrons. The van der Waals surface area contributed by atoms with E-state index in [0.29, 0.717) is 17.6 Å². The normalized spacial score (nSPS) is 34.7. The van der Waals surface area contributed by atoms with Gasteiger partial charge in [0.2, 0.25) is 6.29 Å². The molecule has 2 aliphatic carbocycles. The van der Waals surface area contributed by atoms with E-state index < -0.39 is 30.6 Å². The molecule has 188 valence electrons. The predicted molar refractivity (Wildman–Crippen MR) is 127 cm³/mol. The third kappa shape index (κ3) is 4.34. The lowest BCUT2D eigenvalue weighted by Crippen LogP contribution is -2.56. The predicted octanol–water partition coefficient (Wildman–Crippen LogP) is 4.16. The highest BCUT2D eigenvalue weighted by molar-refractivity contribution is 5.66. The summed E-state index contributed by atoms with van der Waals surface area (Å²) < 4.78 is 17.1. The molecule has 34 heavy (non-hydrogen) atoms. The summed E-state index contributed by atoms with van der Waals surface area (Å²) in [5.41, 5.74) is 5.49. The van der Waals surface area contributed by atoms with Crippen LogP contribution in [0.1, 0.15) is 93.9 Å². The molecule has 3 aliphatic rings. The molecule has 1 aromatic carbocycles. The largest absolute Gasteiger partial charge is 0.504 e. The van der Waals surface area contributed by atoms with Crippen molar-refractivity contribution in [2.45, 2.75) is 103 Å². The van der Waals surface area contributed by atoms with Gasteiger partial charge in [-0.2, -0.15) is 0 Å². The van der Waals surface area contributed by atoms with Crippen molar-refractivity contribution >= 4 is 5.97 Å². The van der Waals surface area contributed by atoms with Gasteiger partial charge < -0.3 is 29.5 Å². The summed E-state index contributed by atoms with van der Waals surface area (Å²) in [6, 6.07) is 0. The minimum atomic E-state index is -1.36. The summed E-state index contributed by atoms with van der Waals surface area (Å²) in [6.45, 7) is 11.7. The van der Waals surface area contributed by atoms with E-state index >= 15 is 0 Å². The Labute approximate surface area is 201 Å². The Bertz CT molecular complexity index is 980. The highest BCUT2D eigenvalue weighted by Gasteiger charge is 2.45. The quantitative estimate of drug-likeness (QED) is 0.444. The van der Waals surface area contributed by atoms with Crippen molar-refractivity contribution in [2.24, 2.45) is 5.92 Å². The van der Waals surface area contributed by atoms with Crippen LogP contribution in [0.25, 0.3) is 0 Å². The van der Waals surface area contributed by atoms with Crippen LogP contribution in [0.3, 0.4) is 0 Å². The van der Waals surface area contributed by atoms with Gasteiger partial charge in [-0.05, 0) is 74.5 Å². The average Bonchev–Trinajstić information content (AvgIpc) is 2.74. The number of benzene rings is 1. The third-order valence-corrected chi connectivity index (χ3v) is 7.75. The van der Waals surface area contributed by atoms with Gasteiger partial charge in [-0.25, -0.2) is 0 Å². The number of ether oxygens (including phenoxy) is 3. The van der Waals surface area contributed by atoms with Crippen molar-refractivity contribution in [3.05, 3.63) is 33.9 Å². The second-order valence-electron chi connectivity index (χ2n) is 10.6. The van der Waals surface area contributed by atoms with Gasteiger partial charge >= 0.3 is 5.97 Å². The Kier molecular flexibility index (Phi) is 7.00. The van der Waals surface area contributed by atoms with Crippen LogP contribution in [0.5, 0.6) is 11.5 Å². The molecule has 8 atom stereocenters. The van der Waals surface area contributed by atoms with E-state index in [-0.39, 0.29) is 24.2 Å². The second-order valence-corrected chi connectivity index (χ2v) is 10.6. The van der Waals surface area contributed by atoms with Gasteiger partial charge in [0.1, 0.15) is 12.2 Å². The van der Waals surface area contributed by atoms with Crippen LogP contribution in [-0.2, 0) is 14.3 Å². The number of aliphatic hydroxyl groups is 2. The lowest BCUT2D eigenvalue weighted by atomic mass is 9.62. The van der Waals surface area contributed by atoms with Crippen LogP contribution in [0, 0.1) is 12.8 Å². The minimum Gasteiger partial charge on any atom is -0.504 e. The molecule has 7 heteroatoms. The molecule has 0 unspecified atom stereocenters. The second kappa shape index (κ2) is 9.51. The van der Waals surface area contributed by atoms with Gasteiger partial charge in [-0.15, -0.1) is 0 Å². The van der Waals surface area contributed by atoms with Crippen molar-refractivity contribution in [3.8, 4) is 11.5 Å². The van der Waals surface area contributed by atoms with Crippen molar-refractivity contribution in [3.63, 3.8) is 0 Å². The topological polar surface area (TPSA) is 105 Å². The van der Waals surface area contributed by atoms with E-state index in [4.69, 9.17) is 14.2 Å². The SMILES string of the molecule is CC(=O)O[C@@H]1[C@@H](Oc2c(C)c3c4c(c2O)[C@@H](C)CC[C@@H]4[C@@H](C)C[C@H]3C=C(C)C)OC[C@@H](O)[C@H]1O. The number of aliphatic hydroxyl groups excluding tert-OH is 2. The number of hydrogen-bond donors (Lipinski definition) is 3. The molecular formula is C27H38O7. The lowest BCUT2D eigenvalue weighted by molar-refractivity contribution is -0.250. The molecule has 1 heterocycles. The van der Waals surface area contributed by atoms with E-state index in [1.807, 2.05) is 6.92 Å². The number of phenolic OH excluding ortho intramolecular Hbond substituents is 1. The van der Waals surface area contributed by atoms with E-state index in [1.54, 1.807) is 0 Å². The van der Waals surface area contributed by atoms with Crippen LogP contribution in [0.15, 0.2) is 11.6 Å². The third-order valence-electron chi connectivity index (χ3n) is 7.75. The maximum absolute atomic E-state index is 11.7. The Morgan fingerprint density at radius 3 is 2.44 bits per heavy atom. The van der Waals surface area contributed by atoms with E-state index in [1.165, 1.54) is 23.6 Å². The zero-order valence-corrected chi connectivity index (χ0v) is 21.0. The molecule has 0 bridgehead atoms. The standard InChI is InChI=1S/C27H38O7/c1-12(2)9-17-10-14(4)18-8-7-13(3)20-22(18)21(17)15(5)25(24(20)31)34-27-26(33-16(6)28)23(30)19(29)11-32-27/h9,13-14,17-19,23,26-27,29-31H,7-8,10-11H2,1-6H3/t13-,14-,17+,18+,19+,23+,26-,27+/m0/s1. The van der Waals surface area contributed by atoms with Crippen molar-refractivity contribution in [1.29, 1.82) is 0 Å². The van der Waals surface area contributed by atoms with E-state index in [0.717, 1.165) is 30.4 Å². The molecule has 1 aliphatic heterocycles. The molecular weight excluding hydrogens is 436 g/mol. The van der Waals surface area contributed by atoms with Crippen LogP contribution in [0.2, 0.25) is 0 Å². The van der Waals surface area contributed by atoms with E-state index in [9.17, 15) is 20.1 Å². The first-order chi connectivity index (χ1) is 16.0. The number of hydrogen-bond acceptors (Lipinski definition) is 7. The lowest BCUT2D eigenvalue weighted by Gasteiger charge is -2.44. The van der Waals surface area contributed by atoms with Crippen LogP contribution < -0.4 is 4.74 Å². The maximum atomic E-state index is 11.7. The summed E-state index contributed by atoms with van der Waals surface area (Å²) in [7, 11) is 0. The fourth-order valence-corrected chi connectivity index (χ4v) is 6.24. The van der Waals surface area contributed by atoms with E-state index in [2.05, 4.69) is 33.8 Å². The van der Waals surface area contributed by atoms with Crippen molar-refractivity contribution < 1.29 is 34.3 Å².